The lowest BCUT2D eigenvalue weighted by atomic mass is 10.2. The molecular weight excluding hydrogens is 186 g/mol. The molecule has 0 amide bonds. The molecule has 3 nitrogen and oxygen atoms in total. The van der Waals surface area contributed by atoms with E-state index in [0.29, 0.717) is 0 Å². The summed E-state index contributed by atoms with van der Waals surface area (Å²) in [6.45, 7) is 6.04. The predicted molar refractivity (Wildman–Crippen MR) is 61.9 cm³/mol. The van der Waals surface area contributed by atoms with E-state index < -0.39 is 0 Å². The molecule has 0 aliphatic carbocycles. The Morgan fingerprint density at radius 3 is 2.67 bits per heavy atom. The van der Waals surface area contributed by atoms with Crippen LogP contribution in [-0.4, -0.2) is 23.1 Å². The van der Waals surface area contributed by atoms with Gasteiger partial charge in [-0.15, -0.1) is 0 Å². The molecule has 1 radical (unpaired) electrons. The summed E-state index contributed by atoms with van der Waals surface area (Å²) in [5.74, 6) is 0.763. The SMILES string of the molecule is CCN(CC)c1n[c]c2ccccc2n1. The van der Waals surface area contributed by atoms with Gasteiger partial charge in [-0.1, -0.05) is 18.2 Å². The minimum Gasteiger partial charge on any atom is -0.341 e. The molecule has 3 heteroatoms. The van der Waals surface area contributed by atoms with E-state index in [9.17, 15) is 0 Å². The second-order valence-corrected chi connectivity index (χ2v) is 3.32. The first-order valence-electron chi connectivity index (χ1n) is 5.24. The van der Waals surface area contributed by atoms with E-state index in [1.807, 2.05) is 24.3 Å². The summed E-state index contributed by atoms with van der Waals surface area (Å²) in [4.78, 5) is 10.9. The first-order valence-corrected chi connectivity index (χ1v) is 5.24. The second-order valence-electron chi connectivity index (χ2n) is 3.32. The Labute approximate surface area is 89.8 Å². The molecule has 1 aromatic carbocycles. The Morgan fingerprint density at radius 1 is 1.20 bits per heavy atom. The zero-order valence-corrected chi connectivity index (χ0v) is 9.07. The molecule has 0 unspecified atom stereocenters. The summed E-state index contributed by atoms with van der Waals surface area (Å²) < 4.78 is 0. The van der Waals surface area contributed by atoms with Gasteiger partial charge in [0.15, 0.2) is 0 Å². The average molecular weight is 200 g/mol. The van der Waals surface area contributed by atoms with E-state index >= 15 is 0 Å². The minimum absolute atomic E-state index is 0.763. The maximum absolute atomic E-state index is 4.50. The van der Waals surface area contributed by atoms with E-state index in [1.54, 1.807) is 0 Å². The van der Waals surface area contributed by atoms with Gasteiger partial charge in [0.2, 0.25) is 5.95 Å². The molecule has 1 heterocycles. The Morgan fingerprint density at radius 2 is 1.93 bits per heavy atom. The summed E-state index contributed by atoms with van der Waals surface area (Å²) in [6.07, 6.45) is 3.01. The van der Waals surface area contributed by atoms with Crippen LogP contribution < -0.4 is 4.90 Å². The summed E-state index contributed by atoms with van der Waals surface area (Å²) in [7, 11) is 0. The molecule has 0 aliphatic heterocycles. The van der Waals surface area contributed by atoms with Crippen molar-refractivity contribution in [3.63, 3.8) is 0 Å². The maximum atomic E-state index is 4.50. The van der Waals surface area contributed by atoms with Gasteiger partial charge in [0.25, 0.3) is 0 Å². The van der Waals surface area contributed by atoms with Crippen LogP contribution in [0.25, 0.3) is 10.9 Å². The van der Waals surface area contributed by atoms with Crippen molar-refractivity contribution in [2.75, 3.05) is 18.0 Å². The van der Waals surface area contributed by atoms with Gasteiger partial charge >= 0.3 is 0 Å². The van der Waals surface area contributed by atoms with Gasteiger partial charge in [0.1, 0.15) is 6.20 Å². The highest BCUT2D eigenvalue weighted by Gasteiger charge is 2.05. The first-order chi connectivity index (χ1) is 7.35. The van der Waals surface area contributed by atoms with Crippen molar-refractivity contribution in [1.82, 2.24) is 9.97 Å². The molecule has 0 saturated heterocycles. The standard InChI is InChI=1S/C12H14N3/c1-3-15(4-2)12-13-9-10-7-5-6-8-11(10)14-12/h5-8H,3-4H2,1-2H3. The smallest absolute Gasteiger partial charge is 0.226 e. The van der Waals surface area contributed by atoms with Crippen LogP contribution in [0.3, 0.4) is 0 Å². The quantitative estimate of drug-likeness (QED) is 0.761. The fourth-order valence-corrected chi connectivity index (χ4v) is 1.56. The number of para-hydroxylation sites is 1. The minimum atomic E-state index is 0.763. The van der Waals surface area contributed by atoms with Gasteiger partial charge in [-0.25, -0.2) is 9.97 Å². The largest absolute Gasteiger partial charge is 0.341 e. The fraction of sp³-hybridized carbons (Fsp3) is 0.333. The highest BCUT2D eigenvalue weighted by molar-refractivity contribution is 5.77. The first kappa shape index (κ1) is 9.90. The third-order valence-electron chi connectivity index (χ3n) is 2.45. The molecule has 0 bridgehead atoms. The van der Waals surface area contributed by atoms with Crippen LogP contribution >= 0.6 is 0 Å². The van der Waals surface area contributed by atoms with Crippen LogP contribution in [0.2, 0.25) is 0 Å². The topological polar surface area (TPSA) is 29.0 Å². The van der Waals surface area contributed by atoms with Gasteiger partial charge < -0.3 is 4.90 Å². The van der Waals surface area contributed by atoms with E-state index in [1.165, 1.54) is 0 Å². The summed E-state index contributed by atoms with van der Waals surface area (Å²) >= 11 is 0. The third kappa shape index (κ3) is 1.91. The van der Waals surface area contributed by atoms with Crippen LogP contribution in [0.5, 0.6) is 0 Å². The van der Waals surface area contributed by atoms with Crippen LogP contribution in [0.15, 0.2) is 24.3 Å². The number of hydrogen-bond acceptors (Lipinski definition) is 3. The molecule has 1 aromatic heterocycles. The number of nitrogens with zero attached hydrogens (tertiary/aromatic N) is 3. The van der Waals surface area contributed by atoms with E-state index in [4.69, 9.17) is 0 Å². The van der Waals surface area contributed by atoms with Gasteiger partial charge in [0, 0.05) is 18.5 Å². The third-order valence-corrected chi connectivity index (χ3v) is 2.45. The van der Waals surface area contributed by atoms with Crippen molar-refractivity contribution in [1.29, 1.82) is 0 Å². The molecule has 0 aliphatic rings. The molecule has 2 rings (SSSR count). The predicted octanol–water partition coefficient (Wildman–Crippen LogP) is 2.28. The highest BCUT2D eigenvalue weighted by Crippen LogP contribution is 2.13. The van der Waals surface area contributed by atoms with E-state index in [-0.39, 0.29) is 0 Å². The lowest BCUT2D eigenvalue weighted by molar-refractivity contribution is 0.825. The lowest BCUT2D eigenvalue weighted by Crippen LogP contribution is -2.24. The lowest BCUT2D eigenvalue weighted by Gasteiger charge is -2.18. The molecule has 0 saturated carbocycles. The number of benzene rings is 1. The summed E-state index contributed by atoms with van der Waals surface area (Å²) in [6, 6.07) is 7.91. The molecule has 0 N–H and O–H groups in total. The molecular formula is C12H14N3. The van der Waals surface area contributed by atoms with Crippen molar-refractivity contribution >= 4 is 16.9 Å². The maximum Gasteiger partial charge on any atom is 0.226 e. The Kier molecular flexibility index (Phi) is 2.81. The normalized spacial score (nSPS) is 10.5. The molecule has 15 heavy (non-hydrogen) atoms. The zero-order valence-electron chi connectivity index (χ0n) is 9.07. The van der Waals surface area contributed by atoms with E-state index in [2.05, 4.69) is 34.9 Å². The van der Waals surface area contributed by atoms with Gasteiger partial charge in [-0.3, -0.25) is 0 Å². The number of rotatable bonds is 3. The van der Waals surface area contributed by atoms with Crippen molar-refractivity contribution < 1.29 is 0 Å². The zero-order chi connectivity index (χ0) is 10.7. The molecule has 77 valence electrons. The van der Waals surface area contributed by atoms with Crippen LogP contribution in [0.4, 0.5) is 5.95 Å². The Hall–Kier alpha value is -1.64. The number of fused-ring (bicyclic) bond motifs is 1. The van der Waals surface area contributed by atoms with Crippen molar-refractivity contribution in [3.8, 4) is 0 Å². The second kappa shape index (κ2) is 4.26. The number of hydrogen-bond donors (Lipinski definition) is 0. The number of anilines is 1. The molecule has 0 spiro atoms. The van der Waals surface area contributed by atoms with Gasteiger partial charge in [0.05, 0.1) is 5.52 Å². The number of aromatic nitrogens is 2. The average Bonchev–Trinajstić information content (AvgIpc) is 2.30. The van der Waals surface area contributed by atoms with Gasteiger partial charge in [-0.2, -0.15) is 0 Å². The van der Waals surface area contributed by atoms with Crippen molar-refractivity contribution in [2.45, 2.75) is 13.8 Å². The molecule has 0 fully saturated rings. The summed E-state index contributed by atoms with van der Waals surface area (Å²) in [5, 5.41) is 0.966. The van der Waals surface area contributed by atoms with E-state index in [0.717, 1.165) is 29.9 Å². The van der Waals surface area contributed by atoms with Crippen molar-refractivity contribution in [3.05, 3.63) is 30.5 Å². The molecule has 2 aromatic rings. The van der Waals surface area contributed by atoms with Crippen LogP contribution in [0, 0.1) is 6.20 Å². The Balaban J connectivity index is 2.46. The molecule has 0 atom stereocenters. The monoisotopic (exact) mass is 200 g/mol. The van der Waals surface area contributed by atoms with Crippen LogP contribution in [0.1, 0.15) is 13.8 Å². The Bertz CT molecular complexity index is 449. The van der Waals surface area contributed by atoms with Gasteiger partial charge in [-0.05, 0) is 19.9 Å². The highest BCUT2D eigenvalue weighted by atomic mass is 15.2. The van der Waals surface area contributed by atoms with Crippen LogP contribution in [-0.2, 0) is 0 Å². The van der Waals surface area contributed by atoms with Crippen molar-refractivity contribution in [2.24, 2.45) is 0 Å². The fourth-order valence-electron chi connectivity index (χ4n) is 1.56. The summed E-state index contributed by atoms with van der Waals surface area (Å²) in [5.41, 5.74) is 0.953.